The fourth-order valence-corrected chi connectivity index (χ4v) is 3.87. The summed E-state index contributed by atoms with van der Waals surface area (Å²) in [5.74, 6) is 0.656. The lowest BCUT2D eigenvalue weighted by Crippen LogP contribution is -2.29. The van der Waals surface area contributed by atoms with Crippen molar-refractivity contribution in [2.75, 3.05) is 18.9 Å². The number of nitrogens with one attached hydrogen (secondary N) is 1. The Balaban J connectivity index is 1.82. The zero-order valence-electron chi connectivity index (χ0n) is 11.1. The number of likely N-dealkylation sites (tertiary alicyclic amines) is 1. The van der Waals surface area contributed by atoms with E-state index in [0.29, 0.717) is 12.0 Å². The largest absolute Gasteiger partial charge is 0.382 e. The molecule has 1 aromatic carbocycles. The number of halogens is 1. The average Bonchev–Trinajstić information content (AvgIpc) is 2.86. The number of rotatable bonds is 2. The van der Waals surface area contributed by atoms with E-state index in [2.05, 4.69) is 58.3 Å². The maximum absolute atomic E-state index is 3.62. The molecule has 1 saturated heterocycles. The van der Waals surface area contributed by atoms with Crippen LogP contribution in [0.5, 0.6) is 0 Å². The Hall–Kier alpha value is -0.540. The van der Waals surface area contributed by atoms with Crippen LogP contribution in [0.1, 0.15) is 37.7 Å². The molecule has 0 saturated carbocycles. The van der Waals surface area contributed by atoms with Gasteiger partial charge in [-0.25, -0.2) is 0 Å². The molecule has 18 heavy (non-hydrogen) atoms. The van der Waals surface area contributed by atoms with Gasteiger partial charge in [-0.15, -0.1) is 0 Å². The summed E-state index contributed by atoms with van der Waals surface area (Å²) in [6.45, 7) is 3.58. The molecule has 1 N–H and O–H groups in total. The van der Waals surface area contributed by atoms with Crippen LogP contribution in [0.2, 0.25) is 0 Å². The third kappa shape index (κ3) is 2.19. The summed E-state index contributed by atoms with van der Waals surface area (Å²) in [7, 11) is 2.27. The van der Waals surface area contributed by atoms with Crippen molar-refractivity contribution in [3.8, 4) is 0 Å². The van der Waals surface area contributed by atoms with Crippen molar-refractivity contribution < 1.29 is 0 Å². The van der Waals surface area contributed by atoms with Crippen LogP contribution >= 0.6 is 15.9 Å². The molecule has 0 aromatic heterocycles. The normalized spacial score (nSPS) is 31.4. The zero-order chi connectivity index (χ0) is 12.7. The molecule has 3 heteroatoms. The molecule has 0 aliphatic carbocycles. The van der Waals surface area contributed by atoms with Crippen molar-refractivity contribution in [3.05, 3.63) is 28.2 Å². The van der Waals surface area contributed by atoms with Gasteiger partial charge in [0.2, 0.25) is 0 Å². The van der Waals surface area contributed by atoms with Gasteiger partial charge in [0.25, 0.3) is 0 Å². The fourth-order valence-electron chi connectivity index (χ4n) is 3.49. The van der Waals surface area contributed by atoms with Crippen LogP contribution in [-0.2, 0) is 0 Å². The minimum Gasteiger partial charge on any atom is -0.382 e. The summed E-state index contributed by atoms with van der Waals surface area (Å²) in [6, 6.07) is 7.95. The summed E-state index contributed by atoms with van der Waals surface area (Å²) in [4.78, 5) is 2.53. The predicted molar refractivity (Wildman–Crippen MR) is 80.2 cm³/mol. The van der Waals surface area contributed by atoms with E-state index in [1.807, 2.05) is 0 Å². The quantitative estimate of drug-likeness (QED) is 0.893. The van der Waals surface area contributed by atoms with E-state index in [4.69, 9.17) is 0 Å². The molecule has 0 amide bonds. The summed E-state index contributed by atoms with van der Waals surface area (Å²) in [6.07, 6.45) is 4.01. The average molecular weight is 309 g/mol. The summed E-state index contributed by atoms with van der Waals surface area (Å²) in [5, 5.41) is 3.62. The van der Waals surface area contributed by atoms with Crippen molar-refractivity contribution in [2.45, 2.75) is 44.2 Å². The van der Waals surface area contributed by atoms with Crippen LogP contribution in [0.15, 0.2) is 22.7 Å². The molecule has 2 heterocycles. The Kier molecular flexibility index (Phi) is 3.37. The summed E-state index contributed by atoms with van der Waals surface area (Å²) < 4.78 is 1.20. The van der Waals surface area contributed by atoms with Gasteiger partial charge in [0.1, 0.15) is 0 Å². The Morgan fingerprint density at radius 1 is 1.44 bits per heavy atom. The number of hydrogen-bond donors (Lipinski definition) is 1. The molecular formula is C15H21BrN2. The molecule has 3 rings (SSSR count). The van der Waals surface area contributed by atoms with E-state index in [9.17, 15) is 0 Å². The first-order valence-corrected chi connectivity index (χ1v) is 7.70. The number of anilines is 1. The Bertz CT molecular complexity index is 446. The molecule has 1 fully saturated rings. The first kappa shape index (κ1) is 12.5. The van der Waals surface area contributed by atoms with Crippen molar-refractivity contribution >= 4 is 21.6 Å². The monoisotopic (exact) mass is 308 g/mol. The van der Waals surface area contributed by atoms with Crippen molar-refractivity contribution in [3.63, 3.8) is 0 Å². The number of benzene rings is 1. The molecule has 0 radical (unpaired) electrons. The Morgan fingerprint density at radius 2 is 2.28 bits per heavy atom. The van der Waals surface area contributed by atoms with Gasteiger partial charge in [-0.3, -0.25) is 0 Å². The van der Waals surface area contributed by atoms with Gasteiger partial charge in [0.05, 0.1) is 0 Å². The molecule has 2 nitrogen and oxygen atoms in total. The van der Waals surface area contributed by atoms with Gasteiger partial charge in [0, 0.05) is 28.2 Å². The SMILES string of the molecule is CC1Nc2ccc(Br)cc2C1C[C@H]1CCCN1C. The highest BCUT2D eigenvalue weighted by molar-refractivity contribution is 9.10. The Labute approximate surface area is 118 Å². The van der Waals surface area contributed by atoms with E-state index >= 15 is 0 Å². The van der Waals surface area contributed by atoms with E-state index < -0.39 is 0 Å². The molecule has 98 valence electrons. The second-order valence-electron chi connectivity index (χ2n) is 5.78. The summed E-state index contributed by atoms with van der Waals surface area (Å²) >= 11 is 3.60. The van der Waals surface area contributed by atoms with E-state index in [0.717, 1.165) is 6.04 Å². The van der Waals surface area contributed by atoms with Crippen molar-refractivity contribution in [2.24, 2.45) is 0 Å². The lowest BCUT2D eigenvalue weighted by atomic mass is 9.88. The van der Waals surface area contributed by atoms with Crippen molar-refractivity contribution in [1.82, 2.24) is 4.90 Å². The highest BCUT2D eigenvalue weighted by Crippen LogP contribution is 2.41. The van der Waals surface area contributed by atoms with Gasteiger partial charge < -0.3 is 10.2 Å². The smallest absolute Gasteiger partial charge is 0.0379 e. The first-order chi connectivity index (χ1) is 8.65. The topological polar surface area (TPSA) is 15.3 Å². The third-order valence-electron chi connectivity index (χ3n) is 4.60. The Morgan fingerprint density at radius 3 is 3.00 bits per heavy atom. The van der Waals surface area contributed by atoms with Gasteiger partial charge in [-0.05, 0) is 63.5 Å². The van der Waals surface area contributed by atoms with Crippen LogP contribution in [-0.4, -0.2) is 30.6 Å². The second-order valence-corrected chi connectivity index (χ2v) is 6.70. The number of nitrogens with zero attached hydrogens (tertiary/aromatic N) is 1. The van der Waals surface area contributed by atoms with E-state index in [1.54, 1.807) is 0 Å². The minimum atomic E-state index is 0.559. The van der Waals surface area contributed by atoms with Gasteiger partial charge in [-0.2, -0.15) is 0 Å². The standard InChI is InChI=1S/C15H21BrN2/c1-10-13(9-12-4-3-7-18(12)2)14-8-11(16)5-6-15(14)17-10/h5-6,8,10,12-13,17H,3-4,7,9H2,1-2H3/t10?,12-,13?/m1/s1. The molecule has 2 aliphatic rings. The number of fused-ring (bicyclic) bond motifs is 1. The molecule has 0 spiro atoms. The molecule has 3 atom stereocenters. The van der Waals surface area contributed by atoms with E-state index in [-0.39, 0.29) is 0 Å². The van der Waals surface area contributed by atoms with E-state index in [1.165, 1.54) is 41.5 Å². The van der Waals surface area contributed by atoms with Crippen LogP contribution < -0.4 is 5.32 Å². The third-order valence-corrected chi connectivity index (χ3v) is 5.09. The minimum absolute atomic E-state index is 0.559. The van der Waals surface area contributed by atoms with Crippen molar-refractivity contribution in [1.29, 1.82) is 0 Å². The second kappa shape index (κ2) is 4.86. The maximum atomic E-state index is 3.62. The molecule has 1 aromatic rings. The number of hydrogen-bond acceptors (Lipinski definition) is 2. The van der Waals surface area contributed by atoms with Gasteiger partial charge in [0.15, 0.2) is 0 Å². The lowest BCUT2D eigenvalue weighted by Gasteiger charge is -2.25. The molecule has 2 aliphatic heterocycles. The molecule has 2 unspecified atom stereocenters. The first-order valence-electron chi connectivity index (χ1n) is 6.91. The van der Waals surface area contributed by atoms with Gasteiger partial charge in [-0.1, -0.05) is 15.9 Å². The highest BCUT2D eigenvalue weighted by atomic mass is 79.9. The zero-order valence-corrected chi connectivity index (χ0v) is 12.7. The predicted octanol–water partition coefficient (Wildman–Crippen LogP) is 3.83. The van der Waals surface area contributed by atoms with Gasteiger partial charge >= 0.3 is 0 Å². The van der Waals surface area contributed by atoms with Crippen LogP contribution in [0.4, 0.5) is 5.69 Å². The fraction of sp³-hybridized carbons (Fsp3) is 0.600. The highest BCUT2D eigenvalue weighted by Gasteiger charge is 2.33. The lowest BCUT2D eigenvalue weighted by molar-refractivity contribution is 0.278. The maximum Gasteiger partial charge on any atom is 0.0379 e. The summed E-state index contributed by atoms with van der Waals surface area (Å²) in [5.41, 5.74) is 2.83. The molecule has 0 bridgehead atoms. The van der Waals surface area contributed by atoms with Crippen LogP contribution in [0, 0.1) is 0 Å². The molecular weight excluding hydrogens is 288 g/mol. The van der Waals surface area contributed by atoms with Crippen LogP contribution in [0.3, 0.4) is 0 Å². The van der Waals surface area contributed by atoms with Crippen LogP contribution in [0.25, 0.3) is 0 Å².